The molecule has 8 aromatic rings. The van der Waals surface area contributed by atoms with Crippen LogP contribution in [0.1, 0.15) is 37.1 Å². The molecule has 0 atom stereocenters. The Hall–Kier alpha value is -6.12. The Labute approximate surface area is 293 Å². The predicted molar refractivity (Wildman–Crippen MR) is 215 cm³/mol. The molecule has 0 unspecified atom stereocenters. The fraction of sp³-hybridized carbons (Fsp3) is 0.0833. The van der Waals surface area contributed by atoms with Gasteiger partial charge in [0.2, 0.25) is 0 Å². The lowest BCUT2D eigenvalue weighted by molar-refractivity contribution is 0.968. The van der Waals surface area contributed by atoms with E-state index in [0.717, 1.165) is 12.8 Å². The molecule has 240 valence electrons. The summed E-state index contributed by atoms with van der Waals surface area (Å²) in [7, 11) is 0. The molecule has 0 spiro atoms. The maximum Gasteiger partial charge on any atom is 0.0540 e. The van der Waals surface area contributed by atoms with Crippen LogP contribution in [-0.4, -0.2) is 9.13 Å². The summed E-state index contributed by atoms with van der Waals surface area (Å²) in [5, 5.41) is 3.87. The smallest absolute Gasteiger partial charge is 0.0540 e. The monoisotopic (exact) mass is 642 g/mol. The summed E-state index contributed by atoms with van der Waals surface area (Å²) in [4.78, 5) is 0. The standard InChI is InChI=1S/C48H38N2/c1-3-16-38(34-17-6-4-7-18-34)33(2)49-45-25-14-11-22-40(45)42-31-36(27-29-47(42)49)37-28-30-48-43(32-37)41-23-12-15-26-46(41)50(48)44-24-13-10-21-39(44)35-19-8-5-9-20-35/h3-11,13-22,24-32H,12,23H2,1-2H3/b16-3-,38-33-. The quantitative estimate of drug-likeness (QED) is 0.160. The molecule has 0 N–H and O–H groups in total. The van der Waals surface area contributed by atoms with Gasteiger partial charge in [-0.2, -0.15) is 0 Å². The molecule has 50 heavy (non-hydrogen) atoms. The summed E-state index contributed by atoms with van der Waals surface area (Å²) < 4.78 is 4.92. The minimum absolute atomic E-state index is 1.04. The van der Waals surface area contributed by atoms with Crippen molar-refractivity contribution < 1.29 is 0 Å². The van der Waals surface area contributed by atoms with Gasteiger partial charge in [0, 0.05) is 38.7 Å². The molecule has 2 aromatic heterocycles. The highest BCUT2D eigenvalue weighted by Gasteiger charge is 2.21. The lowest BCUT2D eigenvalue weighted by Crippen LogP contribution is -2.02. The molecule has 6 aromatic carbocycles. The second-order valence-corrected chi connectivity index (χ2v) is 13.2. The first-order valence-corrected chi connectivity index (χ1v) is 17.6. The van der Waals surface area contributed by atoms with E-state index in [0.29, 0.717) is 0 Å². The van der Waals surface area contributed by atoms with Gasteiger partial charge in [0.25, 0.3) is 0 Å². The predicted octanol–water partition coefficient (Wildman–Crippen LogP) is 13.0. The molecule has 2 heteroatoms. The third-order valence-corrected chi connectivity index (χ3v) is 10.3. The Balaban J connectivity index is 1.22. The molecule has 9 rings (SSSR count). The van der Waals surface area contributed by atoms with E-state index in [1.54, 1.807) is 0 Å². The molecule has 0 saturated heterocycles. The van der Waals surface area contributed by atoms with Crippen LogP contribution in [-0.2, 0) is 6.42 Å². The highest BCUT2D eigenvalue weighted by atomic mass is 15.0. The Morgan fingerprint density at radius 1 is 0.600 bits per heavy atom. The molecule has 1 aliphatic rings. The van der Waals surface area contributed by atoms with Crippen LogP contribution in [0.4, 0.5) is 0 Å². The Morgan fingerprint density at radius 2 is 1.26 bits per heavy atom. The second kappa shape index (κ2) is 12.4. The average Bonchev–Trinajstić information content (AvgIpc) is 3.69. The van der Waals surface area contributed by atoms with Crippen molar-refractivity contribution in [1.29, 1.82) is 0 Å². The van der Waals surface area contributed by atoms with Gasteiger partial charge in [-0.1, -0.05) is 127 Å². The molecule has 2 nitrogen and oxygen atoms in total. The first-order chi connectivity index (χ1) is 24.7. The summed E-state index contributed by atoms with van der Waals surface area (Å²) in [6.45, 7) is 4.34. The first kappa shape index (κ1) is 30.0. The minimum atomic E-state index is 1.04. The van der Waals surface area contributed by atoms with Crippen LogP contribution in [0.5, 0.6) is 0 Å². The molecule has 1 aliphatic carbocycles. The van der Waals surface area contributed by atoms with E-state index >= 15 is 0 Å². The number of aryl methyl sites for hydroxylation is 1. The van der Waals surface area contributed by atoms with E-state index in [1.807, 2.05) is 0 Å². The number of benzene rings is 6. The fourth-order valence-electron chi connectivity index (χ4n) is 8.05. The van der Waals surface area contributed by atoms with E-state index in [4.69, 9.17) is 0 Å². The van der Waals surface area contributed by atoms with Crippen molar-refractivity contribution in [3.8, 4) is 27.9 Å². The molecule has 0 amide bonds. The van der Waals surface area contributed by atoms with E-state index in [2.05, 4.69) is 193 Å². The number of hydrogen-bond donors (Lipinski definition) is 0. The molecule has 0 saturated carbocycles. The third kappa shape index (κ3) is 4.87. The van der Waals surface area contributed by atoms with Gasteiger partial charge in [-0.3, -0.25) is 0 Å². The zero-order valence-corrected chi connectivity index (χ0v) is 28.5. The van der Waals surface area contributed by atoms with Gasteiger partial charge in [-0.15, -0.1) is 0 Å². The topological polar surface area (TPSA) is 9.86 Å². The molecule has 0 radical (unpaired) electrons. The van der Waals surface area contributed by atoms with E-state index < -0.39 is 0 Å². The number of hydrogen-bond acceptors (Lipinski definition) is 0. The van der Waals surface area contributed by atoms with E-state index in [-0.39, 0.29) is 0 Å². The third-order valence-electron chi connectivity index (χ3n) is 10.3. The average molecular weight is 643 g/mol. The van der Waals surface area contributed by atoms with Gasteiger partial charge in [0.05, 0.1) is 22.2 Å². The number of allylic oxidation sites excluding steroid dienone is 5. The van der Waals surface area contributed by atoms with Gasteiger partial charge in [0.15, 0.2) is 0 Å². The van der Waals surface area contributed by atoms with Crippen molar-refractivity contribution in [3.05, 3.63) is 181 Å². The van der Waals surface area contributed by atoms with Crippen LogP contribution >= 0.6 is 0 Å². The van der Waals surface area contributed by atoms with Gasteiger partial charge >= 0.3 is 0 Å². The molecular weight excluding hydrogens is 605 g/mol. The number of para-hydroxylation sites is 2. The van der Waals surface area contributed by atoms with Gasteiger partial charge < -0.3 is 9.13 Å². The second-order valence-electron chi connectivity index (χ2n) is 13.2. The maximum absolute atomic E-state index is 2.48. The van der Waals surface area contributed by atoms with Gasteiger partial charge in [-0.05, 0) is 97.0 Å². The SMILES string of the molecule is C/C=C\C(=C(/C)n1c2ccccc2c2cc(-c3ccc4c(c3)c3c(n4-c4ccccc4-c4ccccc4)C=CCC3)ccc21)c1ccccc1. The number of rotatable bonds is 6. The molecule has 0 fully saturated rings. The molecular formula is C48H38N2. The largest absolute Gasteiger partial charge is 0.313 e. The van der Waals surface area contributed by atoms with Crippen molar-refractivity contribution in [3.63, 3.8) is 0 Å². The van der Waals surface area contributed by atoms with Gasteiger partial charge in [0.1, 0.15) is 0 Å². The lowest BCUT2D eigenvalue weighted by atomic mass is 9.97. The van der Waals surface area contributed by atoms with E-state index in [9.17, 15) is 0 Å². The van der Waals surface area contributed by atoms with Crippen molar-refractivity contribution in [2.75, 3.05) is 0 Å². The summed E-state index contributed by atoms with van der Waals surface area (Å²) in [6.07, 6.45) is 11.1. The Kier molecular flexibility index (Phi) is 7.43. The molecule has 2 heterocycles. The summed E-state index contributed by atoms with van der Waals surface area (Å²) in [5.41, 5.74) is 16.3. The highest BCUT2D eigenvalue weighted by molar-refractivity contribution is 6.12. The number of nitrogens with zero attached hydrogens (tertiary/aromatic N) is 2. The number of fused-ring (bicyclic) bond motifs is 6. The van der Waals surface area contributed by atoms with Crippen LogP contribution in [0.2, 0.25) is 0 Å². The van der Waals surface area contributed by atoms with Crippen molar-refractivity contribution >= 4 is 50.1 Å². The van der Waals surface area contributed by atoms with Gasteiger partial charge in [-0.25, -0.2) is 0 Å². The zero-order valence-electron chi connectivity index (χ0n) is 28.5. The van der Waals surface area contributed by atoms with Crippen LogP contribution in [0.3, 0.4) is 0 Å². The zero-order chi connectivity index (χ0) is 33.6. The summed E-state index contributed by atoms with van der Waals surface area (Å²) >= 11 is 0. The van der Waals surface area contributed by atoms with E-state index in [1.165, 1.54) is 88.7 Å². The Morgan fingerprint density at radius 3 is 2.06 bits per heavy atom. The maximum atomic E-state index is 2.48. The van der Waals surface area contributed by atoms with Crippen molar-refractivity contribution in [2.45, 2.75) is 26.7 Å². The van der Waals surface area contributed by atoms with Crippen LogP contribution in [0.15, 0.2) is 164 Å². The van der Waals surface area contributed by atoms with Crippen LogP contribution < -0.4 is 0 Å². The molecule has 0 aliphatic heterocycles. The van der Waals surface area contributed by atoms with Crippen LogP contribution in [0, 0.1) is 0 Å². The Bertz CT molecular complexity index is 2640. The normalized spacial score (nSPS) is 13.4. The van der Waals surface area contributed by atoms with Crippen molar-refractivity contribution in [2.24, 2.45) is 0 Å². The summed E-state index contributed by atoms with van der Waals surface area (Å²) in [5.74, 6) is 0. The fourth-order valence-corrected chi connectivity index (χ4v) is 8.05. The highest BCUT2D eigenvalue weighted by Crippen LogP contribution is 2.41. The first-order valence-electron chi connectivity index (χ1n) is 17.6. The minimum Gasteiger partial charge on any atom is -0.313 e. The number of aromatic nitrogens is 2. The lowest BCUT2D eigenvalue weighted by Gasteiger charge is -2.16. The summed E-state index contributed by atoms with van der Waals surface area (Å²) in [6, 6.07) is 53.2. The molecule has 0 bridgehead atoms. The van der Waals surface area contributed by atoms with Crippen LogP contribution in [0.25, 0.3) is 78.0 Å². The van der Waals surface area contributed by atoms with Crippen molar-refractivity contribution in [1.82, 2.24) is 9.13 Å².